The van der Waals surface area contributed by atoms with Crippen LogP contribution >= 0.6 is 0 Å². The van der Waals surface area contributed by atoms with Gasteiger partial charge in [-0.2, -0.15) is 0 Å². The van der Waals surface area contributed by atoms with Crippen LogP contribution in [0.1, 0.15) is 41.5 Å². The average Bonchev–Trinajstić information content (AvgIpc) is 2.33. The summed E-state index contributed by atoms with van der Waals surface area (Å²) in [5.74, 6) is 0. The van der Waals surface area contributed by atoms with Crippen molar-refractivity contribution in [2.75, 3.05) is 39.3 Å². The van der Waals surface area contributed by atoms with Gasteiger partial charge in [-0.05, 0) is 39.3 Å². The Bertz CT molecular complexity index is 117. The van der Waals surface area contributed by atoms with Crippen LogP contribution in [0.15, 0.2) is 0 Å². The van der Waals surface area contributed by atoms with E-state index >= 15 is 0 Å². The van der Waals surface area contributed by atoms with Crippen LogP contribution < -0.4 is 16.0 Å². The minimum absolute atomic E-state index is 1.09. The zero-order valence-electron chi connectivity index (χ0n) is 13.5. The van der Waals surface area contributed by atoms with Crippen molar-refractivity contribution < 1.29 is 29.3 Å². The first-order valence-electron chi connectivity index (χ1n) is 7.02. The van der Waals surface area contributed by atoms with Crippen LogP contribution in [0.25, 0.3) is 0 Å². The summed E-state index contributed by atoms with van der Waals surface area (Å²) in [6, 6.07) is 0. The third-order valence-corrected chi connectivity index (χ3v) is 1.50. The summed E-state index contributed by atoms with van der Waals surface area (Å²) >= 11 is -3.58. The van der Waals surface area contributed by atoms with Gasteiger partial charge in [-0.25, -0.2) is 0 Å². The molecule has 0 aliphatic carbocycles. The fourth-order valence-corrected chi connectivity index (χ4v) is 0.750. The summed E-state index contributed by atoms with van der Waals surface area (Å²) in [4.78, 5) is 0. The monoisotopic (exact) mass is 317 g/mol. The van der Waals surface area contributed by atoms with E-state index in [4.69, 9.17) is 10.7 Å². The predicted molar refractivity (Wildman–Crippen MR) is 77.8 cm³/mol. The van der Waals surface area contributed by atoms with Crippen LogP contribution in [0.5, 0.6) is 0 Å². The molecule has 0 spiro atoms. The Morgan fingerprint density at radius 3 is 0.737 bits per heavy atom. The summed E-state index contributed by atoms with van der Waals surface area (Å²) in [5.41, 5.74) is 0. The molecule has 0 amide bonds. The molecule has 19 heavy (non-hydrogen) atoms. The first-order valence-corrected chi connectivity index (χ1v) is 9.05. The van der Waals surface area contributed by atoms with Crippen molar-refractivity contribution in [3.05, 3.63) is 0 Å². The van der Waals surface area contributed by atoms with E-state index in [0.29, 0.717) is 0 Å². The van der Waals surface area contributed by atoms with Gasteiger partial charge >= 0.3 is 29.3 Å². The molecule has 6 nitrogen and oxygen atoms in total. The molecule has 0 atom stereocenters. The maximum absolute atomic E-state index is 8.81. The van der Waals surface area contributed by atoms with Crippen molar-refractivity contribution in [2.24, 2.45) is 0 Å². The Morgan fingerprint density at radius 1 is 0.632 bits per heavy atom. The van der Waals surface area contributed by atoms with E-state index in [9.17, 15) is 0 Å². The van der Waals surface area contributed by atoms with E-state index in [-0.39, 0.29) is 0 Å². The van der Waals surface area contributed by atoms with Gasteiger partial charge in [0.15, 0.2) is 0 Å². The van der Waals surface area contributed by atoms with Gasteiger partial charge in [-0.3, -0.25) is 0 Å². The molecule has 0 saturated heterocycles. The second-order valence-electron chi connectivity index (χ2n) is 3.15. The van der Waals surface area contributed by atoms with E-state index in [1.807, 2.05) is 0 Å². The van der Waals surface area contributed by atoms with Gasteiger partial charge in [0, 0.05) is 0 Å². The first kappa shape index (κ1) is 27.6. The number of rotatable bonds is 6. The Balaban J connectivity index is -0.0000000793. The van der Waals surface area contributed by atoms with Crippen LogP contribution in [-0.2, 0) is 21.9 Å². The van der Waals surface area contributed by atoms with Crippen molar-refractivity contribution >= 4 is 0 Å². The molecule has 0 aliphatic heterocycles. The number of nitrogens with one attached hydrogen (secondary N) is 3. The molecular weight excluding hydrogens is 282 g/mol. The topological polar surface area (TPSA) is 93.6 Å². The molecular formula is C12H35N3O3Ti. The van der Waals surface area contributed by atoms with Crippen LogP contribution in [0.3, 0.4) is 0 Å². The fraction of sp³-hybridized carbons (Fsp3) is 1.00. The van der Waals surface area contributed by atoms with E-state index < -0.39 is 18.6 Å². The molecule has 0 saturated carbocycles. The van der Waals surface area contributed by atoms with Gasteiger partial charge in [0.05, 0.1) is 0 Å². The Kier molecular flexibility index (Phi) is 52.6. The quantitative estimate of drug-likeness (QED) is 0.461. The molecule has 0 rings (SSSR count). The molecule has 0 heterocycles. The van der Waals surface area contributed by atoms with E-state index in [1.54, 1.807) is 0 Å². The Labute approximate surface area is 126 Å². The standard InChI is InChI=1S/3C4H11N.2H2O.O.Ti/c3*1-3-5-4-2;;;;/h3*5H,3-4H2,1-2H3;2*1H2;;/q;;;;;;+2/p-2. The summed E-state index contributed by atoms with van der Waals surface area (Å²) in [6.45, 7) is 19.2. The van der Waals surface area contributed by atoms with Crippen LogP contribution in [-0.4, -0.2) is 46.6 Å². The molecule has 0 aromatic carbocycles. The predicted octanol–water partition coefficient (Wildman–Crippen LogP) is 0.612. The molecule has 0 aromatic rings. The second-order valence-corrected chi connectivity index (χ2v) is 4.04. The van der Waals surface area contributed by atoms with E-state index in [2.05, 4.69) is 57.5 Å². The number of hydrogen-bond acceptors (Lipinski definition) is 4. The molecule has 120 valence electrons. The maximum atomic E-state index is 8.81. The third kappa shape index (κ3) is 122. The molecule has 0 aromatic heterocycles. The summed E-state index contributed by atoms with van der Waals surface area (Å²) < 4.78 is 23.2. The molecule has 0 unspecified atom stereocenters. The second kappa shape index (κ2) is 36.2. The van der Waals surface area contributed by atoms with E-state index in [0.717, 1.165) is 39.3 Å². The zero-order valence-corrected chi connectivity index (χ0v) is 15.1. The summed E-state index contributed by atoms with van der Waals surface area (Å²) in [6.07, 6.45) is 0. The van der Waals surface area contributed by atoms with Crippen molar-refractivity contribution in [2.45, 2.75) is 41.5 Å². The summed E-state index contributed by atoms with van der Waals surface area (Å²) in [5, 5.41) is 9.33. The molecule has 5 N–H and O–H groups in total. The third-order valence-electron chi connectivity index (χ3n) is 1.50. The van der Waals surface area contributed by atoms with Crippen molar-refractivity contribution in [3.63, 3.8) is 0 Å². The Morgan fingerprint density at radius 2 is 0.737 bits per heavy atom. The summed E-state index contributed by atoms with van der Waals surface area (Å²) in [7, 11) is 0. The van der Waals surface area contributed by atoms with Gasteiger partial charge in [0.1, 0.15) is 0 Å². The van der Waals surface area contributed by atoms with E-state index in [1.165, 1.54) is 0 Å². The van der Waals surface area contributed by atoms with Crippen LogP contribution in [0.2, 0.25) is 0 Å². The average molecular weight is 317 g/mol. The van der Waals surface area contributed by atoms with Crippen molar-refractivity contribution in [1.82, 2.24) is 16.0 Å². The zero-order chi connectivity index (χ0) is 15.9. The SMILES string of the molecule is CCNCC.CCNCC.CCNCC.[O]=[Ti]([OH])[OH]. The van der Waals surface area contributed by atoms with Crippen molar-refractivity contribution in [3.8, 4) is 0 Å². The van der Waals surface area contributed by atoms with Gasteiger partial charge in [-0.15, -0.1) is 0 Å². The first-order chi connectivity index (χ1) is 8.97. The van der Waals surface area contributed by atoms with Gasteiger partial charge in [0.2, 0.25) is 0 Å². The molecule has 7 heteroatoms. The van der Waals surface area contributed by atoms with Crippen LogP contribution in [0, 0.1) is 0 Å². The van der Waals surface area contributed by atoms with Gasteiger partial charge in [-0.1, -0.05) is 41.5 Å². The molecule has 0 fully saturated rings. The fourth-order valence-electron chi connectivity index (χ4n) is 0.750. The minimum atomic E-state index is -3.58. The molecule has 0 bridgehead atoms. The molecule has 0 radical (unpaired) electrons. The normalized spacial score (nSPS) is 8.00. The molecule has 0 aliphatic rings. The van der Waals surface area contributed by atoms with Gasteiger partial charge in [0.25, 0.3) is 0 Å². The van der Waals surface area contributed by atoms with Gasteiger partial charge < -0.3 is 16.0 Å². The Hall–Kier alpha value is 0.314. The van der Waals surface area contributed by atoms with Crippen LogP contribution in [0.4, 0.5) is 0 Å². The van der Waals surface area contributed by atoms with Crippen molar-refractivity contribution in [1.29, 1.82) is 0 Å². The number of hydrogen-bond donors (Lipinski definition) is 5.